The first-order valence-corrected chi connectivity index (χ1v) is 9.49. The van der Waals surface area contributed by atoms with Gasteiger partial charge >= 0.3 is 0 Å². The molecule has 0 atom stereocenters. The quantitative estimate of drug-likeness (QED) is 0.798. The largest absolute Gasteiger partial charge is 0.343 e. The summed E-state index contributed by atoms with van der Waals surface area (Å²) >= 11 is 3.28. The number of nitrogens with one attached hydrogen (secondary N) is 2. The summed E-state index contributed by atoms with van der Waals surface area (Å²) in [5.74, 6) is 0.246. The molecule has 7 nitrogen and oxygen atoms in total. The van der Waals surface area contributed by atoms with Crippen molar-refractivity contribution in [2.24, 2.45) is 4.99 Å². The molecule has 2 aromatic rings. The molecular formula is C15H16BrN5O2S. The van der Waals surface area contributed by atoms with Gasteiger partial charge in [0.05, 0.1) is 23.9 Å². The summed E-state index contributed by atoms with van der Waals surface area (Å²) in [6.07, 6.45) is 1.74. The summed E-state index contributed by atoms with van der Waals surface area (Å²) in [6.45, 7) is 1.52. The lowest BCUT2D eigenvalue weighted by Gasteiger charge is -2.26. The molecule has 0 unspecified atom stereocenters. The first kappa shape index (κ1) is 16.9. The van der Waals surface area contributed by atoms with Crippen LogP contribution in [0.2, 0.25) is 0 Å². The number of benzene rings is 1. The summed E-state index contributed by atoms with van der Waals surface area (Å²) in [5, 5.41) is 2.98. The predicted octanol–water partition coefficient (Wildman–Crippen LogP) is 1.50. The first-order chi connectivity index (χ1) is 11.5. The number of guanidine groups is 1. The molecule has 0 spiro atoms. The Labute approximate surface area is 149 Å². The molecule has 24 heavy (non-hydrogen) atoms. The maximum absolute atomic E-state index is 12.3. The molecule has 3 rings (SSSR count). The Balaban J connectivity index is 1.62. The number of sulfonamides is 1. The van der Waals surface area contributed by atoms with Gasteiger partial charge in [0.15, 0.2) is 0 Å². The SMILES string of the molecule is O=S(=O)(NC1=NCN(Cc2ccccn2)CN1)c1ccc(Br)cc1. The third kappa shape index (κ3) is 4.31. The van der Waals surface area contributed by atoms with Crippen molar-refractivity contribution in [3.8, 4) is 0 Å². The van der Waals surface area contributed by atoms with E-state index < -0.39 is 10.0 Å². The Kier molecular flexibility index (Phi) is 5.12. The van der Waals surface area contributed by atoms with Crippen molar-refractivity contribution in [3.63, 3.8) is 0 Å². The molecule has 0 fully saturated rings. The number of hydrogen-bond acceptors (Lipinski definition) is 6. The van der Waals surface area contributed by atoms with Crippen LogP contribution < -0.4 is 10.0 Å². The predicted molar refractivity (Wildman–Crippen MR) is 94.5 cm³/mol. The first-order valence-electron chi connectivity index (χ1n) is 7.22. The number of pyridine rings is 1. The average molecular weight is 410 g/mol. The Morgan fingerprint density at radius 2 is 2.00 bits per heavy atom. The minimum atomic E-state index is -3.65. The van der Waals surface area contributed by atoms with Gasteiger partial charge in [-0.2, -0.15) is 0 Å². The fourth-order valence-corrected chi connectivity index (χ4v) is 3.43. The molecule has 0 aliphatic carbocycles. The van der Waals surface area contributed by atoms with Crippen LogP contribution >= 0.6 is 15.9 Å². The zero-order valence-corrected chi connectivity index (χ0v) is 15.1. The van der Waals surface area contributed by atoms with Crippen LogP contribution in [-0.4, -0.2) is 37.6 Å². The fraction of sp³-hybridized carbons (Fsp3) is 0.200. The lowest BCUT2D eigenvalue weighted by Crippen LogP contribution is -2.49. The van der Waals surface area contributed by atoms with Crippen LogP contribution in [0.3, 0.4) is 0 Å². The van der Waals surface area contributed by atoms with Gasteiger partial charge in [0, 0.05) is 17.2 Å². The van der Waals surface area contributed by atoms with E-state index in [1.54, 1.807) is 18.3 Å². The van der Waals surface area contributed by atoms with E-state index >= 15 is 0 Å². The molecule has 2 heterocycles. The lowest BCUT2D eigenvalue weighted by molar-refractivity contribution is 0.252. The van der Waals surface area contributed by atoms with E-state index in [0.29, 0.717) is 19.9 Å². The number of nitrogens with zero attached hydrogens (tertiary/aromatic N) is 3. The summed E-state index contributed by atoms with van der Waals surface area (Å²) < 4.78 is 27.9. The molecule has 0 radical (unpaired) electrons. The number of hydrogen-bond donors (Lipinski definition) is 2. The molecule has 2 N–H and O–H groups in total. The van der Waals surface area contributed by atoms with Gasteiger partial charge in [0.25, 0.3) is 10.0 Å². The molecule has 1 aromatic heterocycles. The van der Waals surface area contributed by atoms with E-state index in [1.807, 2.05) is 23.1 Å². The summed E-state index contributed by atoms with van der Waals surface area (Å²) in [7, 11) is -3.65. The van der Waals surface area contributed by atoms with E-state index in [2.05, 4.69) is 35.9 Å². The van der Waals surface area contributed by atoms with Crippen molar-refractivity contribution in [2.45, 2.75) is 11.4 Å². The van der Waals surface area contributed by atoms with Gasteiger partial charge in [-0.05, 0) is 36.4 Å². The molecule has 1 aliphatic heterocycles. The van der Waals surface area contributed by atoms with Gasteiger partial charge in [-0.15, -0.1) is 0 Å². The summed E-state index contributed by atoms with van der Waals surface area (Å²) in [5.41, 5.74) is 0.938. The lowest BCUT2D eigenvalue weighted by atomic mass is 10.3. The van der Waals surface area contributed by atoms with E-state index in [0.717, 1.165) is 10.2 Å². The van der Waals surface area contributed by atoms with Gasteiger partial charge in [-0.3, -0.25) is 9.88 Å². The number of aromatic nitrogens is 1. The normalized spacial score (nSPS) is 15.5. The van der Waals surface area contributed by atoms with Crippen LogP contribution in [0.5, 0.6) is 0 Å². The second-order valence-corrected chi connectivity index (χ2v) is 7.79. The highest BCUT2D eigenvalue weighted by Gasteiger charge is 2.19. The number of aliphatic imine (C=N–C) groups is 1. The van der Waals surface area contributed by atoms with Crippen LogP contribution in [0.25, 0.3) is 0 Å². The highest BCUT2D eigenvalue weighted by Crippen LogP contribution is 2.14. The minimum Gasteiger partial charge on any atom is -0.343 e. The highest BCUT2D eigenvalue weighted by molar-refractivity contribution is 9.10. The standard InChI is InChI=1S/C15H16BrN5O2S/c16-12-4-6-14(7-5-12)24(22,23)20-15-18-10-21(11-19-15)9-13-3-1-2-8-17-13/h1-8H,9-11H2,(H2,18,19,20). The Bertz CT molecular complexity index is 825. The number of rotatable bonds is 4. The van der Waals surface area contributed by atoms with Crippen molar-refractivity contribution in [1.29, 1.82) is 0 Å². The zero-order chi connectivity index (χ0) is 17.0. The maximum Gasteiger partial charge on any atom is 0.264 e. The fourth-order valence-electron chi connectivity index (χ4n) is 2.16. The molecular weight excluding hydrogens is 394 g/mol. The molecule has 126 valence electrons. The molecule has 0 saturated heterocycles. The minimum absolute atomic E-state index is 0.186. The van der Waals surface area contributed by atoms with Crippen molar-refractivity contribution in [1.82, 2.24) is 19.9 Å². The van der Waals surface area contributed by atoms with Crippen molar-refractivity contribution in [2.75, 3.05) is 13.3 Å². The molecule has 0 bridgehead atoms. The second kappa shape index (κ2) is 7.29. The van der Waals surface area contributed by atoms with Crippen LogP contribution in [0.1, 0.15) is 5.69 Å². The van der Waals surface area contributed by atoms with Gasteiger partial charge in [-0.25, -0.2) is 18.1 Å². The highest BCUT2D eigenvalue weighted by atomic mass is 79.9. The Morgan fingerprint density at radius 3 is 2.62 bits per heavy atom. The van der Waals surface area contributed by atoms with Crippen molar-refractivity contribution >= 4 is 31.9 Å². The molecule has 1 aromatic carbocycles. The monoisotopic (exact) mass is 409 g/mol. The zero-order valence-electron chi connectivity index (χ0n) is 12.7. The molecule has 9 heteroatoms. The molecule has 1 aliphatic rings. The van der Waals surface area contributed by atoms with Crippen LogP contribution in [-0.2, 0) is 16.6 Å². The van der Waals surface area contributed by atoms with Crippen LogP contribution in [0, 0.1) is 0 Å². The van der Waals surface area contributed by atoms with E-state index in [4.69, 9.17) is 0 Å². The van der Waals surface area contributed by atoms with Gasteiger partial charge < -0.3 is 5.32 Å². The van der Waals surface area contributed by atoms with Crippen LogP contribution in [0.15, 0.2) is 63.0 Å². The van der Waals surface area contributed by atoms with Gasteiger partial charge in [0.1, 0.15) is 0 Å². The van der Waals surface area contributed by atoms with Crippen molar-refractivity contribution < 1.29 is 8.42 Å². The summed E-state index contributed by atoms with van der Waals surface area (Å²) in [6, 6.07) is 12.2. The second-order valence-electron chi connectivity index (χ2n) is 5.19. The maximum atomic E-state index is 12.3. The third-order valence-corrected chi connectivity index (χ3v) is 5.25. The topological polar surface area (TPSA) is 86.7 Å². The van der Waals surface area contributed by atoms with Crippen molar-refractivity contribution in [3.05, 3.63) is 58.8 Å². The molecule has 0 amide bonds. The van der Waals surface area contributed by atoms with Crippen LogP contribution in [0.4, 0.5) is 0 Å². The van der Waals surface area contributed by atoms with E-state index in [-0.39, 0.29) is 10.9 Å². The smallest absolute Gasteiger partial charge is 0.264 e. The Hall–Kier alpha value is -1.97. The average Bonchev–Trinajstić information content (AvgIpc) is 2.58. The number of halogens is 1. The van der Waals surface area contributed by atoms with E-state index in [9.17, 15) is 8.42 Å². The summed E-state index contributed by atoms with van der Waals surface area (Å²) in [4.78, 5) is 10.7. The van der Waals surface area contributed by atoms with E-state index in [1.165, 1.54) is 12.1 Å². The third-order valence-electron chi connectivity index (χ3n) is 3.37. The van der Waals surface area contributed by atoms with Gasteiger partial charge in [0.2, 0.25) is 5.96 Å². The van der Waals surface area contributed by atoms with Gasteiger partial charge in [-0.1, -0.05) is 22.0 Å². The Morgan fingerprint density at radius 1 is 1.21 bits per heavy atom. The molecule has 0 saturated carbocycles.